The number of nitrogens with zero attached hydrogens (tertiary/aromatic N) is 1. The molecule has 0 bridgehead atoms. The Morgan fingerprint density at radius 1 is 1.15 bits per heavy atom. The third-order valence-corrected chi connectivity index (χ3v) is 5.13. The Morgan fingerprint density at radius 3 is 2.54 bits per heavy atom. The van der Waals surface area contributed by atoms with Crippen LogP contribution in [0.1, 0.15) is 11.6 Å². The van der Waals surface area contributed by atoms with E-state index >= 15 is 0 Å². The summed E-state index contributed by atoms with van der Waals surface area (Å²) in [6.07, 6.45) is 0. The van der Waals surface area contributed by atoms with Gasteiger partial charge in [-0.25, -0.2) is 0 Å². The zero-order chi connectivity index (χ0) is 18.4. The van der Waals surface area contributed by atoms with Crippen molar-refractivity contribution >= 4 is 40.4 Å². The second kappa shape index (κ2) is 9.14. The van der Waals surface area contributed by atoms with E-state index in [1.54, 1.807) is 35.6 Å². The van der Waals surface area contributed by atoms with Gasteiger partial charge in [-0.15, -0.1) is 0 Å². The fourth-order valence-electron chi connectivity index (χ4n) is 2.80. The maximum atomic E-state index is 12.2. The average Bonchev–Trinajstić information content (AvgIpc) is 3.19. The number of hydrogen-bond acceptors (Lipinski definition) is 5. The summed E-state index contributed by atoms with van der Waals surface area (Å²) in [6, 6.07) is 8.67. The van der Waals surface area contributed by atoms with Crippen LogP contribution in [0.3, 0.4) is 0 Å². The van der Waals surface area contributed by atoms with E-state index in [-0.39, 0.29) is 6.04 Å². The van der Waals surface area contributed by atoms with Crippen molar-refractivity contribution in [2.24, 2.45) is 0 Å². The molecule has 1 aliphatic heterocycles. The molecule has 2 aromatic rings. The zero-order valence-corrected chi connectivity index (χ0v) is 15.7. The molecule has 6 nitrogen and oxygen atoms in total. The summed E-state index contributed by atoms with van der Waals surface area (Å²) in [5, 5.41) is 9.96. The molecule has 1 aliphatic rings. The summed E-state index contributed by atoms with van der Waals surface area (Å²) in [7, 11) is 0. The predicted molar refractivity (Wildman–Crippen MR) is 103 cm³/mol. The molecule has 2 heterocycles. The highest BCUT2D eigenvalue weighted by Gasteiger charge is 2.24. The molecule has 1 atom stereocenters. The number of hydrogen-bond donors (Lipinski definition) is 2. The molecule has 1 saturated heterocycles. The number of benzene rings is 1. The molecule has 138 valence electrons. The number of ether oxygens (including phenoxy) is 1. The summed E-state index contributed by atoms with van der Waals surface area (Å²) in [5.41, 5.74) is 1.66. The Morgan fingerprint density at radius 2 is 1.88 bits per heavy atom. The second-order valence-electron chi connectivity index (χ2n) is 5.89. The molecule has 0 aliphatic carbocycles. The number of nitrogens with one attached hydrogen (secondary N) is 2. The van der Waals surface area contributed by atoms with Crippen LogP contribution < -0.4 is 10.6 Å². The minimum Gasteiger partial charge on any atom is -0.379 e. The minimum atomic E-state index is -0.696. The SMILES string of the molecule is O=C(NCC(c1ccsc1)N1CCOCC1)C(=O)Nc1ccc(Cl)cc1. The molecular weight excluding hydrogens is 374 g/mol. The minimum absolute atomic E-state index is 0.0254. The first-order valence-electron chi connectivity index (χ1n) is 8.32. The van der Waals surface area contributed by atoms with Crippen LogP contribution in [0.15, 0.2) is 41.1 Å². The first-order valence-corrected chi connectivity index (χ1v) is 9.64. The van der Waals surface area contributed by atoms with Crippen molar-refractivity contribution in [3.05, 3.63) is 51.7 Å². The number of rotatable bonds is 5. The lowest BCUT2D eigenvalue weighted by molar-refractivity contribution is -0.136. The Balaban J connectivity index is 1.58. The monoisotopic (exact) mass is 393 g/mol. The molecule has 1 aromatic heterocycles. The largest absolute Gasteiger partial charge is 0.379 e. The van der Waals surface area contributed by atoms with Gasteiger partial charge in [0.1, 0.15) is 0 Å². The highest BCUT2D eigenvalue weighted by atomic mass is 35.5. The Kier molecular flexibility index (Phi) is 6.62. The first-order chi connectivity index (χ1) is 12.6. The van der Waals surface area contributed by atoms with E-state index in [2.05, 4.69) is 20.9 Å². The number of morpholine rings is 1. The van der Waals surface area contributed by atoms with Crippen LogP contribution in [0.2, 0.25) is 5.02 Å². The van der Waals surface area contributed by atoms with E-state index in [1.807, 2.05) is 11.4 Å². The highest BCUT2D eigenvalue weighted by Crippen LogP contribution is 2.23. The van der Waals surface area contributed by atoms with Gasteiger partial charge < -0.3 is 15.4 Å². The number of halogens is 1. The van der Waals surface area contributed by atoms with Crippen LogP contribution in [0.5, 0.6) is 0 Å². The fourth-order valence-corrected chi connectivity index (χ4v) is 3.64. The smallest absolute Gasteiger partial charge is 0.313 e. The zero-order valence-electron chi connectivity index (χ0n) is 14.1. The van der Waals surface area contributed by atoms with E-state index < -0.39 is 11.8 Å². The van der Waals surface area contributed by atoms with Crippen LogP contribution in [-0.2, 0) is 14.3 Å². The van der Waals surface area contributed by atoms with Crippen LogP contribution in [0.25, 0.3) is 0 Å². The van der Waals surface area contributed by atoms with Crippen molar-refractivity contribution < 1.29 is 14.3 Å². The molecule has 1 unspecified atom stereocenters. The fraction of sp³-hybridized carbons (Fsp3) is 0.333. The number of carbonyl (C=O) groups excluding carboxylic acids is 2. The van der Waals surface area contributed by atoms with Gasteiger partial charge in [0, 0.05) is 30.3 Å². The molecule has 8 heteroatoms. The number of carbonyl (C=O) groups is 2. The van der Waals surface area contributed by atoms with Gasteiger partial charge >= 0.3 is 11.8 Å². The third kappa shape index (κ3) is 5.04. The van der Waals surface area contributed by atoms with E-state index in [1.165, 1.54) is 0 Å². The van der Waals surface area contributed by atoms with Crippen molar-refractivity contribution in [1.29, 1.82) is 0 Å². The molecule has 2 N–H and O–H groups in total. The summed E-state index contributed by atoms with van der Waals surface area (Å²) >= 11 is 7.43. The van der Waals surface area contributed by atoms with E-state index in [9.17, 15) is 9.59 Å². The van der Waals surface area contributed by atoms with Crippen molar-refractivity contribution in [3.8, 4) is 0 Å². The van der Waals surface area contributed by atoms with Gasteiger partial charge in [-0.05, 0) is 46.7 Å². The molecule has 0 spiro atoms. The number of anilines is 1. The molecule has 1 aromatic carbocycles. The first kappa shape index (κ1) is 18.8. The van der Waals surface area contributed by atoms with Crippen molar-refractivity contribution in [3.63, 3.8) is 0 Å². The van der Waals surface area contributed by atoms with E-state index in [0.717, 1.165) is 18.7 Å². The van der Waals surface area contributed by atoms with Gasteiger partial charge in [-0.1, -0.05) is 11.6 Å². The van der Waals surface area contributed by atoms with Crippen molar-refractivity contribution in [2.45, 2.75) is 6.04 Å². The third-order valence-electron chi connectivity index (χ3n) is 4.18. The van der Waals surface area contributed by atoms with E-state index in [4.69, 9.17) is 16.3 Å². The Bertz CT molecular complexity index is 731. The summed E-state index contributed by atoms with van der Waals surface area (Å²) in [5.74, 6) is -1.35. The highest BCUT2D eigenvalue weighted by molar-refractivity contribution is 7.08. The van der Waals surface area contributed by atoms with Gasteiger partial charge in [-0.2, -0.15) is 11.3 Å². The van der Waals surface area contributed by atoms with Crippen LogP contribution in [0, 0.1) is 0 Å². The summed E-state index contributed by atoms with van der Waals surface area (Å²) < 4.78 is 5.41. The second-order valence-corrected chi connectivity index (χ2v) is 7.11. The molecule has 2 amide bonds. The van der Waals surface area contributed by atoms with Gasteiger partial charge in [0.2, 0.25) is 0 Å². The van der Waals surface area contributed by atoms with Crippen molar-refractivity contribution in [2.75, 3.05) is 38.2 Å². The molecule has 1 fully saturated rings. The Labute approximate surface area is 161 Å². The van der Waals surface area contributed by atoms with Crippen molar-refractivity contribution in [1.82, 2.24) is 10.2 Å². The molecule has 0 saturated carbocycles. The maximum Gasteiger partial charge on any atom is 0.313 e. The standard InChI is InChI=1S/C18H20ClN3O3S/c19-14-1-3-15(4-2-14)21-18(24)17(23)20-11-16(13-5-10-26-12-13)22-6-8-25-9-7-22/h1-5,10,12,16H,6-9,11H2,(H,20,23)(H,21,24). The van der Waals surface area contributed by atoms with Gasteiger partial charge in [0.15, 0.2) is 0 Å². The molecular formula is C18H20ClN3O3S. The van der Waals surface area contributed by atoms with Gasteiger partial charge in [-0.3, -0.25) is 14.5 Å². The van der Waals surface area contributed by atoms with E-state index in [0.29, 0.717) is 30.5 Å². The van der Waals surface area contributed by atoms with Crippen LogP contribution in [0.4, 0.5) is 5.69 Å². The van der Waals surface area contributed by atoms with Crippen LogP contribution in [-0.4, -0.2) is 49.6 Å². The topological polar surface area (TPSA) is 70.7 Å². The molecule has 0 radical (unpaired) electrons. The normalized spacial score (nSPS) is 16.0. The lowest BCUT2D eigenvalue weighted by atomic mass is 10.1. The summed E-state index contributed by atoms with van der Waals surface area (Å²) in [6.45, 7) is 3.31. The maximum absolute atomic E-state index is 12.2. The number of thiophene rings is 1. The van der Waals surface area contributed by atoms with Crippen LogP contribution >= 0.6 is 22.9 Å². The number of amides is 2. The predicted octanol–water partition coefficient (Wildman–Crippen LogP) is 2.53. The lowest BCUT2D eigenvalue weighted by Gasteiger charge is -2.34. The Hall–Kier alpha value is -1.93. The molecule has 3 rings (SSSR count). The quantitative estimate of drug-likeness (QED) is 0.766. The molecule has 26 heavy (non-hydrogen) atoms. The lowest BCUT2D eigenvalue weighted by Crippen LogP contribution is -2.45. The summed E-state index contributed by atoms with van der Waals surface area (Å²) in [4.78, 5) is 26.5. The van der Waals surface area contributed by atoms with Gasteiger partial charge in [0.25, 0.3) is 0 Å². The average molecular weight is 394 g/mol. The van der Waals surface area contributed by atoms with Gasteiger partial charge in [0.05, 0.1) is 19.3 Å².